The number of carbonyl (C=O) groups excluding carboxylic acids is 2. The van der Waals surface area contributed by atoms with Gasteiger partial charge in [0, 0.05) is 32.1 Å². The highest BCUT2D eigenvalue weighted by Gasteiger charge is 2.26. The minimum absolute atomic E-state index is 0.0226. The molecule has 0 saturated carbocycles. The Morgan fingerprint density at radius 3 is 2.70 bits per heavy atom. The Balaban J connectivity index is 1.92. The van der Waals surface area contributed by atoms with Gasteiger partial charge in [-0.1, -0.05) is 12.1 Å². The monoisotopic (exact) mass is 321 g/mol. The van der Waals surface area contributed by atoms with E-state index in [9.17, 15) is 14.0 Å². The number of hydrogen-bond donors (Lipinski definition) is 2. The summed E-state index contributed by atoms with van der Waals surface area (Å²) in [6.45, 7) is 1.50. The van der Waals surface area contributed by atoms with E-state index in [4.69, 9.17) is 5.73 Å². The number of amides is 2. The summed E-state index contributed by atoms with van der Waals surface area (Å²) in [6.07, 6.45) is 3.47. The van der Waals surface area contributed by atoms with Crippen molar-refractivity contribution >= 4 is 11.8 Å². The van der Waals surface area contributed by atoms with Gasteiger partial charge in [0.2, 0.25) is 11.8 Å². The predicted molar refractivity (Wildman–Crippen MR) is 86.1 cm³/mol. The van der Waals surface area contributed by atoms with Crippen LogP contribution in [0.25, 0.3) is 0 Å². The first-order valence-electron chi connectivity index (χ1n) is 8.11. The number of hydrogen-bond acceptors (Lipinski definition) is 3. The van der Waals surface area contributed by atoms with Crippen LogP contribution in [-0.2, 0) is 16.0 Å². The van der Waals surface area contributed by atoms with Crippen molar-refractivity contribution in [2.24, 2.45) is 5.73 Å². The Hall–Kier alpha value is -1.95. The van der Waals surface area contributed by atoms with E-state index in [0.29, 0.717) is 26.1 Å². The standard InChI is InChI=1S/C17H24FN3O2/c18-14-6-4-13(5-7-14)11-17(23)21-10-2-1-3-15(21)12-20-16(22)8-9-19/h4-7,15H,1-3,8-12,19H2,(H,20,22). The number of benzene rings is 1. The van der Waals surface area contributed by atoms with Gasteiger partial charge in [0.15, 0.2) is 0 Å². The van der Waals surface area contributed by atoms with Gasteiger partial charge in [-0.05, 0) is 37.0 Å². The van der Waals surface area contributed by atoms with Crippen molar-refractivity contribution in [3.05, 3.63) is 35.6 Å². The Labute approximate surface area is 136 Å². The van der Waals surface area contributed by atoms with Crippen LogP contribution in [0.2, 0.25) is 0 Å². The Kier molecular flexibility index (Phi) is 6.52. The molecule has 1 aliphatic rings. The van der Waals surface area contributed by atoms with Crippen molar-refractivity contribution in [1.82, 2.24) is 10.2 Å². The lowest BCUT2D eigenvalue weighted by molar-refractivity contribution is -0.134. The molecule has 2 rings (SSSR count). The van der Waals surface area contributed by atoms with Gasteiger partial charge in [-0.3, -0.25) is 9.59 Å². The van der Waals surface area contributed by atoms with Crippen molar-refractivity contribution in [2.45, 2.75) is 38.1 Å². The molecule has 1 atom stereocenters. The molecule has 1 saturated heterocycles. The van der Waals surface area contributed by atoms with E-state index in [1.54, 1.807) is 12.1 Å². The fourth-order valence-electron chi connectivity index (χ4n) is 2.87. The molecule has 1 heterocycles. The summed E-state index contributed by atoms with van der Waals surface area (Å²) >= 11 is 0. The summed E-state index contributed by atoms with van der Waals surface area (Å²) in [5, 5.41) is 2.85. The first-order chi connectivity index (χ1) is 11.1. The Morgan fingerprint density at radius 1 is 1.26 bits per heavy atom. The highest BCUT2D eigenvalue weighted by atomic mass is 19.1. The van der Waals surface area contributed by atoms with Gasteiger partial charge in [-0.25, -0.2) is 4.39 Å². The lowest BCUT2D eigenvalue weighted by Gasteiger charge is -2.36. The topological polar surface area (TPSA) is 75.4 Å². The van der Waals surface area contributed by atoms with Crippen LogP contribution < -0.4 is 11.1 Å². The molecule has 0 bridgehead atoms. The first-order valence-corrected chi connectivity index (χ1v) is 8.11. The van der Waals surface area contributed by atoms with Crippen LogP contribution in [0.4, 0.5) is 4.39 Å². The third kappa shape index (κ3) is 5.32. The maximum absolute atomic E-state index is 12.9. The number of likely N-dealkylation sites (tertiary alicyclic amines) is 1. The van der Waals surface area contributed by atoms with E-state index in [1.165, 1.54) is 12.1 Å². The lowest BCUT2D eigenvalue weighted by Crippen LogP contribution is -2.50. The summed E-state index contributed by atoms with van der Waals surface area (Å²) in [5.41, 5.74) is 6.16. The zero-order valence-corrected chi connectivity index (χ0v) is 13.3. The maximum Gasteiger partial charge on any atom is 0.227 e. The molecule has 3 N–H and O–H groups in total. The maximum atomic E-state index is 12.9. The molecule has 0 aromatic heterocycles. The fourth-order valence-corrected chi connectivity index (χ4v) is 2.87. The minimum atomic E-state index is -0.306. The quantitative estimate of drug-likeness (QED) is 0.827. The fraction of sp³-hybridized carbons (Fsp3) is 0.529. The molecule has 1 fully saturated rings. The van der Waals surface area contributed by atoms with E-state index in [1.807, 2.05) is 4.90 Å². The highest BCUT2D eigenvalue weighted by molar-refractivity contribution is 5.79. The molecule has 126 valence electrons. The van der Waals surface area contributed by atoms with Crippen LogP contribution in [0, 0.1) is 5.82 Å². The number of piperidine rings is 1. The third-order valence-electron chi connectivity index (χ3n) is 4.12. The van der Waals surface area contributed by atoms with Crippen LogP contribution in [0.1, 0.15) is 31.2 Å². The zero-order valence-electron chi connectivity index (χ0n) is 13.3. The summed E-state index contributed by atoms with van der Waals surface area (Å²) in [5.74, 6) is -0.363. The molecule has 5 nitrogen and oxygen atoms in total. The van der Waals surface area contributed by atoms with E-state index in [2.05, 4.69) is 5.32 Å². The molecule has 23 heavy (non-hydrogen) atoms. The second-order valence-corrected chi connectivity index (χ2v) is 5.88. The van der Waals surface area contributed by atoms with Gasteiger partial charge >= 0.3 is 0 Å². The van der Waals surface area contributed by atoms with Gasteiger partial charge in [-0.15, -0.1) is 0 Å². The average Bonchev–Trinajstić information content (AvgIpc) is 2.55. The molecule has 1 aliphatic heterocycles. The molecule has 1 unspecified atom stereocenters. The van der Waals surface area contributed by atoms with Gasteiger partial charge in [0.1, 0.15) is 5.82 Å². The van der Waals surface area contributed by atoms with Crippen LogP contribution in [0.5, 0.6) is 0 Å². The van der Waals surface area contributed by atoms with Crippen LogP contribution >= 0.6 is 0 Å². The lowest BCUT2D eigenvalue weighted by atomic mass is 10.0. The summed E-state index contributed by atoms with van der Waals surface area (Å²) in [6, 6.07) is 6.02. The van der Waals surface area contributed by atoms with Crippen molar-refractivity contribution < 1.29 is 14.0 Å². The molecule has 6 heteroatoms. The predicted octanol–water partition coefficient (Wildman–Crippen LogP) is 1.21. The van der Waals surface area contributed by atoms with E-state index < -0.39 is 0 Å². The molecular formula is C17H24FN3O2. The number of nitrogens with two attached hydrogens (primary N) is 1. The number of nitrogens with one attached hydrogen (secondary N) is 1. The molecule has 2 amide bonds. The van der Waals surface area contributed by atoms with Crippen LogP contribution in [0.3, 0.4) is 0 Å². The van der Waals surface area contributed by atoms with Crippen molar-refractivity contribution in [3.63, 3.8) is 0 Å². The number of halogens is 1. The normalized spacial score (nSPS) is 17.8. The SMILES string of the molecule is NCCC(=O)NCC1CCCCN1C(=O)Cc1ccc(F)cc1. The highest BCUT2D eigenvalue weighted by Crippen LogP contribution is 2.18. The van der Waals surface area contributed by atoms with E-state index >= 15 is 0 Å². The third-order valence-corrected chi connectivity index (χ3v) is 4.12. The zero-order chi connectivity index (χ0) is 16.7. The van der Waals surface area contributed by atoms with E-state index in [0.717, 1.165) is 24.8 Å². The Morgan fingerprint density at radius 2 is 2.00 bits per heavy atom. The summed E-state index contributed by atoms with van der Waals surface area (Å²) < 4.78 is 12.9. The van der Waals surface area contributed by atoms with Gasteiger partial charge in [0.25, 0.3) is 0 Å². The Bertz CT molecular complexity index is 533. The van der Waals surface area contributed by atoms with Gasteiger partial charge in [0.05, 0.1) is 6.42 Å². The molecular weight excluding hydrogens is 297 g/mol. The number of carbonyl (C=O) groups is 2. The molecule has 1 aromatic rings. The average molecular weight is 321 g/mol. The van der Waals surface area contributed by atoms with Crippen molar-refractivity contribution in [1.29, 1.82) is 0 Å². The first kappa shape index (κ1) is 17.4. The molecule has 0 spiro atoms. The van der Waals surface area contributed by atoms with Crippen molar-refractivity contribution in [3.8, 4) is 0 Å². The molecule has 0 radical (unpaired) electrons. The largest absolute Gasteiger partial charge is 0.354 e. The van der Waals surface area contributed by atoms with Gasteiger partial charge in [-0.2, -0.15) is 0 Å². The smallest absolute Gasteiger partial charge is 0.227 e. The number of nitrogens with zero attached hydrogens (tertiary/aromatic N) is 1. The molecule has 0 aliphatic carbocycles. The summed E-state index contributed by atoms with van der Waals surface area (Å²) in [7, 11) is 0. The summed E-state index contributed by atoms with van der Waals surface area (Å²) in [4.78, 5) is 25.9. The van der Waals surface area contributed by atoms with Crippen molar-refractivity contribution in [2.75, 3.05) is 19.6 Å². The number of rotatable bonds is 6. The van der Waals surface area contributed by atoms with E-state index in [-0.39, 0.29) is 30.1 Å². The van der Waals surface area contributed by atoms with Crippen LogP contribution in [-0.4, -0.2) is 42.4 Å². The molecule has 1 aromatic carbocycles. The second kappa shape index (κ2) is 8.62. The minimum Gasteiger partial charge on any atom is -0.354 e. The van der Waals surface area contributed by atoms with Crippen LogP contribution in [0.15, 0.2) is 24.3 Å². The second-order valence-electron chi connectivity index (χ2n) is 5.88. The van der Waals surface area contributed by atoms with Gasteiger partial charge < -0.3 is 16.0 Å².